The molecule has 0 saturated heterocycles. The molecule has 1 saturated carbocycles. The standard InChI is InChI=1S/C19H27N3O.C2H2O4/c23-18(12-11-17-20-13-14-21-17)22-19(15-7-3-1-4-8-15)16-9-5-2-6-10-16;3-1(4)2(5)6/h1,3-4,7-8,16,19H,2,5-6,9-14H2,(H,20,21)(H,22,23);(H,3,4)(H,5,6). The molecule has 3 rings (SSSR count). The number of carboxylic acid groups (broad SMARTS) is 2. The molecule has 1 amide bonds. The molecule has 0 bridgehead atoms. The minimum atomic E-state index is -1.82. The van der Waals surface area contributed by atoms with Crippen LogP contribution >= 0.6 is 0 Å². The number of nitrogens with one attached hydrogen (secondary N) is 2. The zero-order valence-corrected chi connectivity index (χ0v) is 16.5. The summed E-state index contributed by atoms with van der Waals surface area (Å²) in [7, 11) is 0. The van der Waals surface area contributed by atoms with Gasteiger partial charge in [-0.15, -0.1) is 0 Å². The van der Waals surface area contributed by atoms with E-state index < -0.39 is 11.9 Å². The first-order chi connectivity index (χ1) is 14.0. The average Bonchev–Trinajstić information content (AvgIpc) is 3.26. The Balaban J connectivity index is 0.000000438. The molecule has 1 fully saturated rings. The average molecular weight is 403 g/mol. The molecule has 1 aromatic rings. The topological polar surface area (TPSA) is 128 Å². The maximum Gasteiger partial charge on any atom is 0.414 e. The van der Waals surface area contributed by atoms with E-state index in [0.717, 1.165) is 25.3 Å². The van der Waals surface area contributed by atoms with Gasteiger partial charge in [0.2, 0.25) is 5.91 Å². The number of nitrogens with zero attached hydrogens (tertiary/aromatic N) is 1. The molecule has 4 N–H and O–H groups in total. The van der Waals surface area contributed by atoms with E-state index in [1.807, 2.05) is 6.07 Å². The molecule has 0 radical (unpaired) electrons. The maximum atomic E-state index is 12.4. The van der Waals surface area contributed by atoms with Gasteiger partial charge in [-0.05, 0) is 24.3 Å². The van der Waals surface area contributed by atoms with Gasteiger partial charge in [-0.1, -0.05) is 49.6 Å². The normalized spacial score (nSPS) is 17.2. The maximum absolute atomic E-state index is 12.4. The van der Waals surface area contributed by atoms with Gasteiger partial charge < -0.3 is 20.8 Å². The second-order valence-electron chi connectivity index (χ2n) is 7.22. The van der Waals surface area contributed by atoms with Crippen LogP contribution in [0.4, 0.5) is 0 Å². The lowest BCUT2D eigenvalue weighted by Crippen LogP contribution is -2.35. The van der Waals surface area contributed by atoms with Gasteiger partial charge in [0.1, 0.15) is 0 Å². The quantitative estimate of drug-likeness (QED) is 0.540. The molecule has 1 aromatic carbocycles. The van der Waals surface area contributed by atoms with Gasteiger partial charge in [-0.25, -0.2) is 9.59 Å². The molecule has 0 aromatic heterocycles. The first-order valence-electron chi connectivity index (χ1n) is 10.0. The van der Waals surface area contributed by atoms with Gasteiger partial charge in [-0.2, -0.15) is 0 Å². The molecular weight excluding hydrogens is 374 g/mol. The summed E-state index contributed by atoms with van der Waals surface area (Å²) in [4.78, 5) is 35.0. The highest BCUT2D eigenvalue weighted by Gasteiger charge is 2.26. The minimum Gasteiger partial charge on any atom is -0.473 e. The van der Waals surface area contributed by atoms with E-state index in [2.05, 4.69) is 39.9 Å². The van der Waals surface area contributed by atoms with Crippen LogP contribution < -0.4 is 10.6 Å². The molecule has 29 heavy (non-hydrogen) atoms. The molecule has 1 atom stereocenters. The number of carbonyl (C=O) groups is 3. The second kappa shape index (κ2) is 11.8. The van der Waals surface area contributed by atoms with Gasteiger partial charge >= 0.3 is 11.9 Å². The van der Waals surface area contributed by atoms with Crippen molar-refractivity contribution in [1.29, 1.82) is 0 Å². The Labute approximate surface area is 170 Å². The van der Waals surface area contributed by atoms with Crippen molar-refractivity contribution in [2.75, 3.05) is 13.1 Å². The van der Waals surface area contributed by atoms with Crippen LogP contribution in [0.15, 0.2) is 35.3 Å². The summed E-state index contributed by atoms with van der Waals surface area (Å²) >= 11 is 0. The monoisotopic (exact) mass is 403 g/mol. The van der Waals surface area contributed by atoms with Crippen LogP contribution in [0.2, 0.25) is 0 Å². The van der Waals surface area contributed by atoms with Gasteiger partial charge in [0, 0.05) is 19.4 Å². The fourth-order valence-electron chi connectivity index (χ4n) is 3.69. The Bertz CT molecular complexity index is 702. The number of aliphatic carboxylic acids is 2. The van der Waals surface area contributed by atoms with E-state index in [4.69, 9.17) is 19.8 Å². The van der Waals surface area contributed by atoms with E-state index in [9.17, 15) is 4.79 Å². The summed E-state index contributed by atoms with van der Waals surface area (Å²) in [5.74, 6) is -1.96. The summed E-state index contributed by atoms with van der Waals surface area (Å²) in [5, 5.41) is 21.3. The summed E-state index contributed by atoms with van der Waals surface area (Å²) in [6.45, 7) is 1.75. The van der Waals surface area contributed by atoms with E-state index >= 15 is 0 Å². The predicted octanol–water partition coefficient (Wildman–Crippen LogP) is 2.36. The highest BCUT2D eigenvalue weighted by Crippen LogP contribution is 2.34. The molecule has 0 spiro atoms. The van der Waals surface area contributed by atoms with Gasteiger partial charge in [-0.3, -0.25) is 9.79 Å². The van der Waals surface area contributed by atoms with E-state index in [1.54, 1.807) is 0 Å². The molecule has 1 aliphatic carbocycles. The second-order valence-corrected chi connectivity index (χ2v) is 7.22. The van der Waals surface area contributed by atoms with Crippen molar-refractivity contribution < 1.29 is 24.6 Å². The number of amidine groups is 1. The van der Waals surface area contributed by atoms with Gasteiger partial charge in [0.25, 0.3) is 0 Å². The third-order valence-corrected chi connectivity index (χ3v) is 5.11. The molecule has 8 heteroatoms. The Morgan fingerprint density at radius 1 is 1.07 bits per heavy atom. The van der Waals surface area contributed by atoms with Crippen LogP contribution in [0, 0.1) is 5.92 Å². The van der Waals surface area contributed by atoms with Crippen molar-refractivity contribution in [2.24, 2.45) is 10.9 Å². The van der Waals surface area contributed by atoms with E-state index in [-0.39, 0.29) is 11.9 Å². The van der Waals surface area contributed by atoms with E-state index in [1.165, 1.54) is 37.7 Å². The summed E-state index contributed by atoms with van der Waals surface area (Å²) < 4.78 is 0. The molecule has 1 heterocycles. The third-order valence-electron chi connectivity index (χ3n) is 5.11. The number of hydrogen-bond acceptors (Lipinski definition) is 5. The Kier molecular flexibility index (Phi) is 9.14. The third kappa shape index (κ3) is 7.93. The lowest BCUT2D eigenvalue weighted by atomic mass is 9.81. The molecule has 2 aliphatic rings. The van der Waals surface area contributed by atoms with Crippen molar-refractivity contribution in [3.63, 3.8) is 0 Å². The zero-order valence-electron chi connectivity index (χ0n) is 16.5. The van der Waals surface area contributed by atoms with Crippen LogP contribution in [-0.4, -0.2) is 47.0 Å². The fraction of sp³-hybridized carbons (Fsp3) is 0.524. The number of carbonyl (C=O) groups excluding carboxylic acids is 1. The zero-order chi connectivity index (χ0) is 21.1. The molecule has 1 unspecified atom stereocenters. The van der Waals surface area contributed by atoms with E-state index in [0.29, 0.717) is 12.3 Å². The van der Waals surface area contributed by atoms with Crippen LogP contribution in [0.3, 0.4) is 0 Å². The number of hydrogen-bond donors (Lipinski definition) is 4. The molecule has 8 nitrogen and oxygen atoms in total. The van der Waals surface area contributed by atoms with Crippen molar-refractivity contribution in [3.8, 4) is 0 Å². The van der Waals surface area contributed by atoms with Gasteiger partial charge in [0.05, 0.1) is 18.4 Å². The Hall–Kier alpha value is -2.90. The van der Waals surface area contributed by atoms with Crippen molar-refractivity contribution in [2.45, 2.75) is 51.0 Å². The Morgan fingerprint density at radius 2 is 1.72 bits per heavy atom. The van der Waals surface area contributed by atoms with Crippen LogP contribution in [0.25, 0.3) is 0 Å². The highest BCUT2D eigenvalue weighted by molar-refractivity contribution is 6.27. The SMILES string of the molecule is O=C(CCC1=NCCN1)NC(c1ccccc1)C1CCCCC1.O=C(O)C(=O)O. The lowest BCUT2D eigenvalue weighted by molar-refractivity contribution is -0.159. The van der Waals surface area contributed by atoms with Crippen LogP contribution in [-0.2, 0) is 14.4 Å². The highest BCUT2D eigenvalue weighted by atomic mass is 16.4. The Morgan fingerprint density at radius 3 is 2.28 bits per heavy atom. The van der Waals surface area contributed by atoms with Crippen LogP contribution in [0.1, 0.15) is 56.6 Å². The number of amides is 1. The summed E-state index contributed by atoms with van der Waals surface area (Å²) in [6.07, 6.45) is 7.56. The minimum absolute atomic E-state index is 0.140. The summed E-state index contributed by atoms with van der Waals surface area (Å²) in [5.41, 5.74) is 1.24. The number of rotatable bonds is 6. The summed E-state index contributed by atoms with van der Waals surface area (Å²) in [6, 6.07) is 10.6. The fourth-order valence-corrected chi connectivity index (χ4v) is 3.69. The first-order valence-corrected chi connectivity index (χ1v) is 10.0. The first kappa shape index (κ1) is 22.4. The largest absolute Gasteiger partial charge is 0.473 e. The van der Waals surface area contributed by atoms with Crippen molar-refractivity contribution >= 4 is 23.7 Å². The number of aliphatic imine (C=N–C) groups is 1. The number of carboxylic acids is 2. The number of benzene rings is 1. The van der Waals surface area contributed by atoms with Gasteiger partial charge in [0.15, 0.2) is 0 Å². The van der Waals surface area contributed by atoms with Crippen molar-refractivity contribution in [1.82, 2.24) is 10.6 Å². The lowest BCUT2D eigenvalue weighted by Gasteiger charge is -2.31. The molecular formula is C21H29N3O5. The molecule has 1 aliphatic heterocycles. The smallest absolute Gasteiger partial charge is 0.414 e. The van der Waals surface area contributed by atoms with Crippen molar-refractivity contribution in [3.05, 3.63) is 35.9 Å². The predicted molar refractivity (Wildman–Crippen MR) is 109 cm³/mol. The van der Waals surface area contributed by atoms with Crippen LogP contribution in [0.5, 0.6) is 0 Å². The molecule has 158 valence electrons.